The molecule has 1 aliphatic heterocycles. The molecule has 1 fully saturated rings. The number of anilines is 1. The Balaban J connectivity index is 1.57. The summed E-state index contributed by atoms with van der Waals surface area (Å²) in [6, 6.07) is 21.8. The Bertz CT molecular complexity index is 965. The molecule has 1 aliphatic rings. The minimum Gasteiger partial charge on any atom is -0.274 e. The van der Waals surface area contributed by atoms with Gasteiger partial charge in [0, 0.05) is 11.3 Å². The first kappa shape index (κ1) is 15.9. The quantitative estimate of drug-likeness (QED) is 0.651. The van der Waals surface area contributed by atoms with Crippen molar-refractivity contribution in [1.29, 1.82) is 0 Å². The smallest absolute Gasteiger partial charge is 0.247 e. The molecule has 25 heavy (non-hydrogen) atoms. The van der Waals surface area contributed by atoms with Crippen molar-refractivity contribution in [3.63, 3.8) is 0 Å². The fourth-order valence-electron chi connectivity index (χ4n) is 3.07. The molecular weight excluding hydrogens is 330 g/mol. The van der Waals surface area contributed by atoms with Gasteiger partial charge in [0.2, 0.25) is 11.8 Å². The third-order valence-corrected chi connectivity index (χ3v) is 5.58. The van der Waals surface area contributed by atoms with E-state index in [9.17, 15) is 9.59 Å². The first-order valence-electron chi connectivity index (χ1n) is 8.21. The first-order chi connectivity index (χ1) is 12.1. The number of carbonyl (C=O) groups excluding carboxylic acids is 2. The van der Waals surface area contributed by atoms with Crippen molar-refractivity contribution in [3.05, 3.63) is 72.3 Å². The molecule has 124 valence electrons. The van der Waals surface area contributed by atoms with Crippen LogP contribution in [0.2, 0.25) is 0 Å². The number of amides is 2. The summed E-state index contributed by atoms with van der Waals surface area (Å²) in [6.07, 6.45) is 0.240. The number of hydrogen-bond donors (Lipinski definition) is 0. The largest absolute Gasteiger partial charge is 0.274 e. The Hall–Kier alpha value is -2.59. The lowest BCUT2D eigenvalue weighted by Crippen LogP contribution is -2.31. The molecule has 1 heterocycles. The molecule has 2 amide bonds. The summed E-state index contributed by atoms with van der Waals surface area (Å²) in [4.78, 5) is 27.5. The zero-order valence-electron chi connectivity index (χ0n) is 13.8. The number of fused-ring (bicyclic) bond motifs is 1. The normalized spacial score (nSPS) is 17.5. The molecule has 0 unspecified atom stereocenters. The SMILES string of the molecule is Cc1ccc(N2C(=O)C[C@@H](Sc3ccc4ccccc4c3)C2=O)cc1. The summed E-state index contributed by atoms with van der Waals surface area (Å²) in [6.45, 7) is 1.98. The number of imide groups is 1. The van der Waals surface area contributed by atoms with Gasteiger partial charge in [-0.3, -0.25) is 9.59 Å². The summed E-state index contributed by atoms with van der Waals surface area (Å²) < 4.78 is 0. The Morgan fingerprint density at radius 3 is 2.40 bits per heavy atom. The maximum Gasteiger partial charge on any atom is 0.247 e. The van der Waals surface area contributed by atoms with Crippen LogP contribution in [0, 0.1) is 6.92 Å². The zero-order valence-corrected chi connectivity index (χ0v) is 14.6. The standard InChI is InChI=1S/C21H17NO2S/c1-14-6-9-17(10-7-14)22-20(23)13-19(21(22)24)25-18-11-8-15-4-2-3-5-16(15)12-18/h2-12,19H,13H2,1H3/t19-/m1/s1. The van der Waals surface area contributed by atoms with Gasteiger partial charge in [-0.05, 0) is 42.0 Å². The van der Waals surface area contributed by atoms with Crippen molar-refractivity contribution in [2.45, 2.75) is 23.5 Å². The Morgan fingerprint density at radius 2 is 1.64 bits per heavy atom. The van der Waals surface area contributed by atoms with Gasteiger partial charge in [0.25, 0.3) is 0 Å². The van der Waals surface area contributed by atoms with Crippen molar-refractivity contribution < 1.29 is 9.59 Å². The van der Waals surface area contributed by atoms with Crippen molar-refractivity contribution in [2.75, 3.05) is 4.90 Å². The Labute approximate surface area is 150 Å². The maximum absolute atomic E-state index is 12.8. The summed E-state index contributed by atoms with van der Waals surface area (Å²) in [5, 5.41) is 1.94. The van der Waals surface area contributed by atoms with E-state index in [4.69, 9.17) is 0 Å². The van der Waals surface area contributed by atoms with Gasteiger partial charge in [-0.1, -0.05) is 48.0 Å². The predicted octanol–water partition coefficient (Wildman–Crippen LogP) is 4.57. The van der Waals surface area contributed by atoms with Gasteiger partial charge in [0.15, 0.2) is 0 Å². The van der Waals surface area contributed by atoms with E-state index in [0.717, 1.165) is 15.8 Å². The molecule has 3 aromatic carbocycles. The third kappa shape index (κ3) is 3.05. The van der Waals surface area contributed by atoms with Crippen LogP contribution in [-0.2, 0) is 9.59 Å². The molecule has 0 spiro atoms. The molecule has 0 aliphatic carbocycles. The van der Waals surface area contributed by atoms with Crippen LogP contribution in [0.3, 0.4) is 0 Å². The van der Waals surface area contributed by atoms with Gasteiger partial charge in [-0.25, -0.2) is 4.90 Å². The van der Waals surface area contributed by atoms with Crippen LogP contribution in [0.1, 0.15) is 12.0 Å². The lowest BCUT2D eigenvalue weighted by atomic mass is 10.1. The number of carbonyl (C=O) groups is 2. The van der Waals surface area contributed by atoms with Crippen molar-refractivity contribution >= 4 is 40.0 Å². The minimum atomic E-state index is -0.366. The van der Waals surface area contributed by atoms with Gasteiger partial charge in [0.1, 0.15) is 0 Å². The van der Waals surface area contributed by atoms with Crippen molar-refractivity contribution in [2.24, 2.45) is 0 Å². The van der Waals surface area contributed by atoms with E-state index in [0.29, 0.717) is 5.69 Å². The highest BCUT2D eigenvalue weighted by atomic mass is 32.2. The average Bonchev–Trinajstić information content (AvgIpc) is 2.89. The molecule has 3 nitrogen and oxygen atoms in total. The summed E-state index contributed by atoms with van der Waals surface area (Å²) >= 11 is 1.47. The Morgan fingerprint density at radius 1 is 0.920 bits per heavy atom. The molecule has 0 bridgehead atoms. The number of benzene rings is 3. The average molecular weight is 347 g/mol. The van der Waals surface area contributed by atoms with Crippen LogP contribution >= 0.6 is 11.8 Å². The molecule has 1 saturated heterocycles. The van der Waals surface area contributed by atoms with E-state index in [1.807, 2.05) is 49.4 Å². The highest BCUT2D eigenvalue weighted by molar-refractivity contribution is 8.00. The van der Waals surface area contributed by atoms with E-state index in [1.165, 1.54) is 22.0 Å². The van der Waals surface area contributed by atoms with Gasteiger partial charge >= 0.3 is 0 Å². The number of rotatable bonds is 3. The molecule has 4 heteroatoms. The van der Waals surface area contributed by atoms with E-state index < -0.39 is 0 Å². The molecule has 0 radical (unpaired) electrons. The number of hydrogen-bond acceptors (Lipinski definition) is 3. The number of thioether (sulfide) groups is 1. The molecule has 1 atom stereocenters. The van der Waals surface area contributed by atoms with Crippen LogP contribution in [-0.4, -0.2) is 17.1 Å². The van der Waals surface area contributed by atoms with Gasteiger partial charge in [-0.2, -0.15) is 0 Å². The monoisotopic (exact) mass is 347 g/mol. The molecule has 0 saturated carbocycles. The fourth-order valence-corrected chi connectivity index (χ4v) is 4.17. The van der Waals surface area contributed by atoms with Gasteiger partial charge in [0.05, 0.1) is 10.9 Å². The van der Waals surface area contributed by atoms with Crippen molar-refractivity contribution in [1.82, 2.24) is 0 Å². The molecule has 0 aromatic heterocycles. The lowest BCUT2D eigenvalue weighted by Gasteiger charge is -2.15. The second-order valence-corrected chi connectivity index (χ2v) is 7.50. The number of nitrogens with zero attached hydrogens (tertiary/aromatic N) is 1. The topological polar surface area (TPSA) is 37.4 Å². The highest BCUT2D eigenvalue weighted by Gasteiger charge is 2.40. The maximum atomic E-state index is 12.8. The van der Waals surface area contributed by atoms with Crippen LogP contribution in [0.4, 0.5) is 5.69 Å². The van der Waals surface area contributed by atoms with Crippen LogP contribution in [0.5, 0.6) is 0 Å². The van der Waals surface area contributed by atoms with Crippen LogP contribution in [0.15, 0.2) is 71.6 Å². The molecule has 3 aromatic rings. The molecule has 0 N–H and O–H groups in total. The predicted molar refractivity (Wildman–Crippen MR) is 102 cm³/mol. The third-order valence-electron chi connectivity index (χ3n) is 4.40. The number of aryl methyl sites for hydroxylation is 1. The van der Waals surface area contributed by atoms with E-state index in [2.05, 4.69) is 24.3 Å². The summed E-state index contributed by atoms with van der Waals surface area (Å²) in [5.74, 6) is -0.265. The van der Waals surface area contributed by atoms with E-state index in [-0.39, 0.29) is 23.5 Å². The zero-order chi connectivity index (χ0) is 17.4. The fraction of sp³-hybridized carbons (Fsp3) is 0.143. The van der Waals surface area contributed by atoms with Crippen LogP contribution in [0.25, 0.3) is 10.8 Å². The van der Waals surface area contributed by atoms with Crippen LogP contribution < -0.4 is 4.90 Å². The second kappa shape index (κ2) is 6.37. The summed E-state index contributed by atoms with van der Waals surface area (Å²) in [7, 11) is 0. The highest BCUT2D eigenvalue weighted by Crippen LogP contribution is 2.35. The minimum absolute atomic E-state index is 0.132. The van der Waals surface area contributed by atoms with E-state index >= 15 is 0 Å². The summed E-state index contributed by atoms with van der Waals surface area (Å²) in [5.41, 5.74) is 1.76. The van der Waals surface area contributed by atoms with Gasteiger partial charge in [-0.15, -0.1) is 11.8 Å². The second-order valence-electron chi connectivity index (χ2n) is 6.22. The molecular formula is C21H17NO2S. The lowest BCUT2D eigenvalue weighted by molar-refractivity contribution is -0.121. The van der Waals surface area contributed by atoms with E-state index in [1.54, 1.807) is 0 Å². The Kier molecular flexibility index (Phi) is 4.06. The first-order valence-corrected chi connectivity index (χ1v) is 9.09. The molecule has 4 rings (SSSR count). The van der Waals surface area contributed by atoms with Crippen molar-refractivity contribution in [3.8, 4) is 0 Å². The van der Waals surface area contributed by atoms with Gasteiger partial charge < -0.3 is 0 Å².